The van der Waals surface area contributed by atoms with Gasteiger partial charge in [-0.15, -0.1) is 10.2 Å². The van der Waals surface area contributed by atoms with E-state index in [0.29, 0.717) is 5.82 Å². The Hall–Kier alpha value is -2.25. The molecule has 0 bridgehead atoms. The third kappa shape index (κ3) is 4.39. The van der Waals surface area contributed by atoms with Crippen LogP contribution in [0.1, 0.15) is 5.56 Å². The Morgan fingerprint density at radius 2 is 1.83 bits per heavy atom. The van der Waals surface area contributed by atoms with E-state index >= 15 is 0 Å². The number of ether oxygens (including phenoxy) is 1. The molecule has 24 heavy (non-hydrogen) atoms. The van der Waals surface area contributed by atoms with Gasteiger partial charge in [0.25, 0.3) is 0 Å². The maximum atomic E-state index is 10.1. The predicted molar refractivity (Wildman–Crippen MR) is 93.6 cm³/mol. The summed E-state index contributed by atoms with van der Waals surface area (Å²) in [5, 5.41) is 22.3. The first-order valence-corrected chi connectivity index (χ1v) is 8.31. The average Bonchev–Trinajstić information content (AvgIpc) is 3.03. The van der Waals surface area contributed by atoms with Crippen molar-refractivity contribution >= 4 is 15.9 Å². The lowest BCUT2D eigenvalue weighted by Gasteiger charge is -2.11. The third-order valence-electron chi connectivity index (χ3n) is 3.39. The van der Waals surface area contributed by atoms with Gasteiger partial charge in [0.1, 0.15) is 18.5 Å². The smallest absolute Gasteiger partial charge is 0.204 e. The molecule has 1 N–H and O–H groups in total. The Bertz CT molecular complexity index is 787. The molecule has 124 valence electrons. The van der Waals surface area contributed by atoms with Gasteiger partial charge in [0.15, 0.2) is 0 Å². The van der Waals surface area contributed by atoms with Gasteiger partial charge in [0.05, 0.1) is 6.54 Å². The molecule has 1 heterocycles. The molecule has 2 aromatic carbocycles. The van der Waals surface area contributed by atoms with Crippen molar-refractivity contribution in [2.45, 2.75) is 19.6 Å². The van der Waals surface area contributed by atoms with E-state index in [0.717, 1.165) is 21.3 Å². The van der Waals surface area contributed by atoms with Crippen molar-refractivity contribution in [2.24, 2.45) is 0 Å². The van der Waals surface area contributed by atoms with Gasteiger partial charge < -0.3 is 9.84 Å². The van der Waals surface area contributed by atoms with Crippen LogP contribution in [0.15, 0.2) is 53.0 Å². The third-order valence-corrected chi connectivity index (χ3v) is 3.92. The lowest BCUT2D eigenvalue weighted by Crippen LogP contribution is -2.24. The van der Waals surface area contributed by atoms with E-state index in [1.165, 1.54) is 4.80 Å². The average molecular weight is 389 g/mol. The molecule has 0 aliphatic carbocycles. The van der Waals surface area contributed by atoms with E-state index in [-0.39, 0.29) is 13.2 Å². The molecule has 0 radical (unpaired) electrons. The maximum Gasteiger partial charge on any atom is 0.204 e. The number of tetrazole rings is 1. The topological polar surface area (TPSA) is 73.1 Å². The van der Waals surface area contributed by atoms with Crippen LogP contribution in [0.5, 0.6) is 5.75 Å². The van der Waals surface area contributed by atoms with E-state index in [4.69, 9.17) is 4.74 Å². The molecule has 0 aliphatic rings. The molecule has 0 aliphatic heterocycles. The van der Waals surface area contributed by atoms with Crippen LogP contribution in [-0.2, 0) is 6.54 Å². The van der Waals surface area contributed by atoms with Gasteiger partial charge in [0, 0.05) is 10.0 Å². The number of hydrogen-bond donors (Lipinski definition) is 1. The Labute approximate surface area is 148 Å². The van der Waals surface area contributed by atoms with E-state index < -0.39 is 6.10 Å². The highest BCUT2D eigenvalue weighted by molar-refractivity contribution is 9.10. The van der Waals surface area contributed by atoms with Crippen LogP contribution in [0.4, 0.5) is 0 Å². The first-order valence-electron chi connectivity index (χ1n) is 7.51. The largest absolute Gasteiger partial charge is 0.491 e. The second kappa shape index (κ2) is 7.55. The Balaban J connectivity index is 1.55. The summed E-state index contributed by atoms with van der Waals surface area (Å²) in [6.45, 7) is 2.39. The summed E-state index contributed by atoms with van der Waals surface area (Å²) in [5.74, 6) is 1.25. The van der Waals surface area contributed by atoms with Crippen LogP contribution in [-0.4, -0.2) is 38.0 Å². The van der Waals surface area contributed by atoms with Crippen LogP contribution < -0.4 is 4.74 Å². The molecule has 1 aromatic heterocycles. The van der Waals surface area contributed by atoms with Crippen LogP contribution >= 0.6 is 15.9 Å². The molecule has 3 aromatic rings. The lowest BCUT2D eigenvalue weighted by atomic mass is 10.2. The Morgan fingerprint density at radius 3 is 2.54 bits per heavy atom. The maximum absolute atomic E-state index is 10.1. The van der Waals surface area contributed by atoms with Crippen molar-refractivity contribution < 1.29 is 9.84 Å². The summed E-state index contributed by atoms with van der Waals surface area (Å²) in [4.78, 5) is 1.38. The highest BCUT2D eigenvalue weighted by Gasteiger charge is 2.11. The van der Waals surface area contributed by atoms with Crippen LogP contribution in [0.25, 0.3) is 11.4 Å². The van der Waals surface area contributed by atoms with E-state index in [1.807, 2.05) is 55.5 Å². The normalized spacial score (nSPS) is 12.1. The fraction of sp³-hybridized carbons (Fsp3) is 0.235. The van der Waals surface area contributed by atoms with Crippen molar-refractivity contribution in [3.8, 4) is 17.1 Å². The first kappa shape index (κ1) is 16.6. The number of nitrogens with zero attached hydrogens (tertiary/aromatic N) is 4. The molecule has 0 spiro atoms. The van der Waals surface area contributed by atoms with Crippen LogP contribution in [0, 0.1) is 6.92 Å². The highest BCUT2D eigenvalue weighted by atomic mass is 79.9. The molecule has 1 atom stereocenters. The van der Waals surface area contributed by atoms with Gasteiger partial charge >= 0.3 is 0 Å². The summed E-state index contributed by atoms with van der Waals surface area (Å²) < 4.78 is 6.54. The number of aliphatic hydroxyl groups excluding tert-OH is 1. The molecule has 6 nitrogen and oxygen atoms in total. The second-order valence-electron chi connectivity index (χ2n) is 5.45. The molecular formula is C17H17BrN4O2. The summed E-state index contributed by atoms with van der Waals surface area (Å²) >= 11 is 3.39. The molecule has 7 heteroatoms. The zero-order chi connectivity index (χ0) is 16.9. The standard InChI is InChI=1S/C17H17BrN4O2/c1-12-2-8-16(9-3-12)24-11-15(23)10-22-20-17(19-21-22)13-4-6-14(18)7-5-13/h2-9,15,23H,10-11H2,1H3. The molecular weight excluding hydrogens is 372 g/mol. The zero-order valence-electron chi connectivity index (χ0n) is 13.1. The minimum absolute atomic E-state index is 0.165. The molecule has 0 amide bonds. The summed E-state index contributed by atoms with van der Waals surface area (Å²) in [6.07, 6.45) is -0.724. The summed E-state index contributed by atoms with van der Waals surface area (Å²) in [5.41, 5.74) is 2.03. The van der Waals surface area contributed by atoms with Gasteiger partial charge in [-0.25, -0.2) is 0 Å². The van der Waals surface area contributed by atoms with Crippen molar-refractivity contribution in [3.63, 3.8) is 0 Å². The first-order chi connectivity index (χ1) is 11.6. The molecule has 1 unspecified atom stereocenters. The number of hydrogen-bond acceptors (Lipinski definition) is 5. The Morgan fingerprint density at radius 1 is 1.12 bits per heavy atom. The van der Waals surface area contributed by atoms with E-state index in [2.05, 4.69) is 31.3 Å². The number of aliphatic hydroxyl groups is 1. The minimum Gasteiger partial charge on any atom is -0.491 e. The number of halogens is 1. The molecule has 0 saturated carbocycles. The van der Waals surface area contributed by atoms with E-state index in [1.54, 1.807) is 0 Å². The van der Waals surface area contributed by atoms with Gasteiger partial charge in [-0.05, 0) is 48.5 Å². The quantitative estimate of drug-likeness (QED) is 0.702. The fourth-order valence-corrected chi connectivity index (χ4v) is 2.37. The second-order valence-corrected chi connectivity index (χ2v) is 6.37. The Kier molecular flexibility index (Phi) is 5.22. The monoisotopic (exact) mass is 388 g/mol. The van der Waals surface area contributed by atoms with Crippen molar-refractivity contribution in [1.82, 2.24) is 20.2 Å². The van der Waals surface area contributed by atoms with Gasteiger partial charge in [-0.1, -0.05) is 33.6 Å². The van der Waals surface area contributed by atoms with E-state index in [9.17, 15) is 5.11 Å². The number of rotatable bonds is 6. The van der Waals surface area contributed by atoms with Crippen molar-refractivity contribution in [3.05, 3.63) is 58.6 Å². The van der Waals surface area contributed by atoms with Gasteiger partial charge in [-0.2, -0.15) is 4.80 Å². The summed E-state index contributed by atoms with van der Waals surface area (Å²) in [6, 6.07) is 15.3. The predicted octanol–water partition coefficient (Wildman–Crippen LogP) is 2.85. The number of aromatic nitrogens is 4. The summed E-state index contributed by atoms with van der Waals surface area (Å²) in [7, 11) is 0. The highest BCUT2D eigenvalue weighted by Crippen LogP contribution is 2.17. The molecule has 0 saturated heterocycles. The minimum atomic E-state index is -0.724. The van der Waals surface area contributed by atoms with Gasteiger partial charge in [-0.3, -0.25) is 0 Å². The fourth-order valence-electron chi connectivity index (χ4n) is 2.10. The van der Waals surface area contributed by atoms with Crippen LogP contribution in [0.3, 0.4) is 0 Å². The molecule has 3 rings (SSSR count). The zero-order valence-corrected chi connectivity index (χ0v) is 14.7. The van der Waals surface area contributed by atoms with Gasteiger partial charge in [0.2, 0.25) is 5.82 Å². The van der Waals surface area contributed by atoms with Crippen molar-refractivity contribution in [2.75, 3.05) is 6.61 Å². The number of aryl methyl sites for hydroxylation is 1. The molecule has 0 fully saturated rings. The van der Waals surface area contributed by atoms with Crippen LogP contribution in [0.2, 0.25) is 0 Å². The SMILES string of the molecule is Cc1ccc(OCC(O)Cn2nnc(-c3ccc(Br)cc3)n2)cc1. The lowest BCUT2D eigenvalue weighted by molar-refractivity contribution is 0.0850. The van der Waals surface area contributed by atoms with Crippen molar-refractivity contribution in [1.29, 1.82) is 0 Å². The number of benzene rings is 2.